The zero-order valence-electron chi connectivity index (χ0n) is 23.1. The summed E-state index contributed by atoms with van der Waals surface area (Å²) >= 11 is 0. The quantitative estimate of drug-likeness (QED) is 0.357. The number of ether oxygens (including phenoxy) is 2. The molecule has 0 spiro atoms. The second kappa shape index (κ2) is 13.5. The molecule has 5 heteroatoms. The Bertz CT molecular complexity index is 947. The summed E-state index contributed by atoms with van der Waals surface area (Å²) in [6.07, 6.45) is 7.39. The predicted octanol–water partition coefficient (Wildman–Crippen LogP) is 5.63. The maximum Gasteiger partial charge on any atom is 0.122 e. The van der Waals surface area contributed by atoms with Gasteiger partial charge in [-0.15, -0.1) is 0 Å². The van der Waals surface area contributed by atoms with Gasteiger partial charge in [0.25, 0.3) is 0 Å². The maximum atomic E-state index is 6.28. The number of likely N-dealkylation sites (tertiary alicyclic amines) is 2. The standard InChI is InChI=1S/C31H47N3O2/c1-25-28(11-7-13-30(25)35-23-9-19-33-17-5-6-18-33)29-12-8-14-31(26(29)2)36-24-10-20-34-21-15-27(16-22-34)32(3)4/h7-8,11-14,27H,5-6,9-10,15-24H2,1-4H3. The van der Waals surface area contributed by atoms with Gasteiger partial charge < -0.3 is 24.2 Å². The van der Waals surface area contributed by atoms with Crippen LogP contribution in [0.5, 0.6) is 11.5 Å². The van der Waals surface area contributed by atoms with Gasteiger partial charge in [0.05, 0.1) is 13.2 Å². The van der Waals surface area contributed by atoms with Crippen LogP contribution in [0, 0.1) is 13.8 Å². The van der Waals surface area contributed by atoms with Gasteiger partial charge in [-0.3, -0.25) is 0 Å². The van der Waals surface area contributed by atoms with E-state index in [4.69, 9.17) is 9.47 Å². The number of nitrogens with zero attached hydrogens (tertiary/aromatic N) is 3. The molecule has 0 aromatic heterocycles. The zero-order valence-corrected chi connectivity index (χ0v) is 23.1. The summed E-state index contributed by atoms with van der Waals surface area (Å²) in [5.74, 6) is 1.99. The van der Waals surface area contributed by atoms with Crippen molar-refractivity contribution in [2.45, 2.75) is 58.4 Å². The van der Waals surface area contributed by atoms with Crippen molar-refractivity contribution in [1.29, 1.82) is 0 Å². The van der Waals surface area contributed by atoms with E-state index in [0.717, 1.165) is 56.7 Å². The highest BCUT2D eigenvalue weighted by molar-refractivity contribution is 5.74. The lowest BCUT2D eigenvalue weighted by Crippen LogP contribution is -2.42. The van der Waals surface area contributed by atoms with Gasteiger partial charge in [-0.1, -0.05) is 24.3 Å². The minimum absolute atomic E-state index is 0.741. The summed E-state index contributed by atoms with van der Waals surface area (Å²) in [4.78, 5) is 7.51. The van der Waals surface area contributed by atoms with Gasteiger partial charge in [0.15, 0.2) is 0 Å². The molecular weight excluding hydrogens is 446 g/mol. The summed E-state index contributed by atoms with van der Waals surface area (Å²) < 4.78 is 12.5. The van der Waals surface area contributed by atoms with Crippen molar-refractivity contribution < 1.29 is 9.47 Å². The SMILES string of the molecule is Cc1c(OCCCN2CCCC2)cccc1-c1cccc(OCCCN2CCC(N(C)C)CC2)c1C. The van der Waals surface area contributed by atoms with Crippen molar-refractivity contribution in [1.82, 2.24) is 14.7 Å². The highest BCUT2D eigenvalue weighted by atomic mass is 16.5. The molecule has 4 rings (SSSR count). The fourth-order valence-corrected chi connectivity index (χ4v) is 5.73. The van der Waals surface area contributed by atoms with E-state index in [0.29, 0.717) is 0 Å². The lowest BCUT2D eigenvalue weighted by Gasteiger charge is -2.35. The van der Waals surface area contributed by atoms with E-state index in [1.807, 2.05) is 0 Å². The Morgan fingerprint density at radius 3 is 1.67 bits per heavy atom. The largest absolute Gasteiger partial charge is 0.493 e. The highest BCUT2D eigenvalue weighted by Gasteiger charge is 2.20. The second-order valence-corrected chi connectivity index (χ2v) is 10.8. The van der Waals surface area contributed by atoms with Crippen LogP contribution in [0.2, 0.25) is 0 Å². The molecule has 2 aromatic rings. The first kappa shape index (κ1) is 27.0. The number of piperidine rings is 1. The Morgan fingerprint density at radius 1 is 0.722 bits per heavy atom. The normalized spacial score (nSPS) is 17.7. The Morgan fingerprint density at radius 2 is 1.19 bits per heavy atom. The third-order valence-electron chi connectivity index (χ3n) is 8.10. The summed E-state index contributed by atoms with van der Waals surface area (Å²) in [6.45, 7) is 13.1. The molecule has 2 aliphatic heterocycles. The van der Waals surface area contributed by atoms with Crippen molar-refractivity contribution in [2.75, 3.05) is 66.6 Å². The van der Waals surface area contributed by atoms with Crippen LogP contribution in [-0.2, 0) is 0 Å². The zero-order chi connectivity index (χ0) is 25.3. The van der Waals surface area contributed by atoms with Crippen LogP contribution in [0.3, 0.4) is 0 Å². The van der Waals surface area contributed by atoms with E-state index >= 15 is 0 Å². The van der Waals surface area contributed by atoms with Crippen molar-refractivity contribution in [2.24, 2.45) is 0 Å². The van der Waals surface area contributed by atoms with Crippen molar-refractivity contribution >= 4 is 0 Å². The third-order valence-corrected chi connectivity index (χ3v) is 8.10. The summed E-state index contributed by atoms with van der Waals surface area (Å²) in [5, 5.41) is 0. The molecule has 2 aromatic carbocycles. The first-order chi connectivity index (χ1) is 17.5. The minimum Gasteiger partial charge on any atom is -0.493 e. The van der Waals surface area contributed by atoms with Crippen LogP contribution >= 0.6 is 0 Å². The van der Waals surface area contributed by atoms with Crippen LogP contribution in [0.15, 0.2) is 36.4 Å². The average Bonchev–Trinajstić information content (AvgIpc) is 3.40. The molecule has 0 radical (unpaired) electrons. The van der Waals surface area contributed by atoms with Crippen LogP contribution < -0.4 is 9.47 Å². The Labute approximate surface area is 219 Å². The molecule has 0 aliphatic carbocycles. The minimum atomic E-state index is 0.741. The van der Waals surface area contributed by atoms with Gasteiger partial charge in [-0.2, -0.15) is 0 Å². The molecule has 36 heavy (non-hydrogen) atoms. The number of rotatable bonds is 12. The molecular formula is C31H47N3O2. The molecule has 0 atom stereocenters. The Hall–Kier alpha value is -2.08. The van der Waals surface area contributed by atoms with Crippen molar-refractivity contribution in [3.63, 3.8) is 0 Å². The van der Waals surface area contributed by atoms with E-state index in [1.165, 1.54) is 74.1 Å². The van der Waals surface area contributed by atoms with Crippen molar-refractivity contribution in [3.8, 4) is 22.6 Å². The lowest BCUT2D eigenvalue weighted by atomic mass is 9.95. The van der Waals surface area contributed by atoms with E-state index in [9.17, 15) is 0 Å². The number of hydrogen-bond acceptors (Lipinski definition) is 5. The Kier molecular flexibility index (Phi) is 10.1. The van der Waals surface area contributed by atoms with Gasteiger partial charge in [-0.25, -0.2) is 0 Å². The molecule has 2 saturated heterocycles. The molecule has 0 saturated carbocycles. The van der Waals surface area contributed by atoms with Crippen molar-refractivity contribution in [3.05, 3.63) is 47.5 Å². The van der Waals surface area contributed by atoms with E-state index in [-0.39, 0.29) is 0 Å². The molecule has 0 unspecified atom stereocenters. The van der Waals surface area contributed by atoms with Crippen LogP contribution in [0.1, 0.15) is 49.7 Å². The van der Waals surface area contributed by atoms with E-state index in [2.05, 4.69) is 79.0 Å². The molecule has 0 bridgehead atoms. The summed E-state index contributed by atoms with van der Waals surface area (Å²) in [7, 11) is 4.40. The van der Waals surface area contributed by atoms with E-state index < -0.39 is 0 Å². The van der Waals surface area contributed by atoms with Gasteiger partial charge in [0, 0.05) is 19.1 Å². The fourth-order valence-electron chi connectivity index (χ4n) is 5.73. The first-order valence-electron chi connectivity index (χ1n) is 14.1. The highest BCUT2D eigenvalue weighted by Crippen LogP contribution is 2.35. The summed E-state index contributed by atoms with van der Waals surface area (Å²) in [5.41, 5.74) is 4.88. The number of hydrogen-bond donors (Lipinski definition) is 0. The van der Waals surface area contributed by atoms with Gasteiger partial charge in [-0.05, 0) is 127 Å². The molecule has 2 heterocycles. The van der Waals surface area contributed by atoms with Gasteiger partial charge in [0.1, 0.15) is 11.5 Å². The maximum absolute atomic E-state index is 6.28. The molecule has 2 fully saturated rings. The fraction of sp³-hybridized carbons (Fsp3) is 0.613. The van der Waals surface area contributed by atoms with Crippen LogP contribution in [0.4, 0.5) is 0 Å². The van der Waals surface area contributed by atoms with Gasteiger partial charge >= 0.3 is 0 Å². The smallest absolute Gasteiger partial charge is 0.122 e. The first-order valence-corrected chi connectivity index (χ1v) is 14.1. The third kappa shape index (κ3) is 7.24. The average molecular weight is 494 g/mol. The molecule has 2 aliphatic rings. The molecule has 5 nitrogen and oxygen atoms in total. The molecule has 0 amide bonds. The second-order valence-electron chi connectivity index (χ2n) is 10.8. The Balaban J connectivity index is 1.28. The number of benzene rings is 2. The predicted molar refractivity (Wildman–Crippen MR) is 150 cm³/mol. The lowest BCUT2D eigenvalue weighted by molar-refractivity contribution is 0.138. The topological polar surface area (TPSA) is 28.2 Å². The van der Waals surface area contributed by atoms with Crippen LogP contribution in [-0.4, -0.2) is 87.3 Å². The van der Waals surface area contributed by atoms with Gasteiger partial charge in [0.2, 0.25) is 0 Å². The molecule has 0 N–H and O–H groups in total. The molecule has 198 valence electrons. The summed E-state index contributed by atoms with van der Waals surface area (Å²) in [6, 6.07) is 13.6. The monoisotopic (exact) mass is 493 g/mol. The van der Waals surface area contributed by atoms with Crippen LogP contribution in [0.25, 0.3) is 11.1 Å². The van der Waals surface area contributed by atoms with E-state index in [1.54, 1.807) is 0 Å².